The van der Waals surface area contributed by atoms with Crippen molar-refractivity contribution in [2.24, 2.45) is 0 Å². The van der Waals surface area contributed by atoms with E-state index in [-0.39, 0.29) is 5.78 Å². The molecule has 0 fully saturated rings. The van der Waals surface area contributed by atoms with Crippen molar-refractivity contribution in [2.75, 3.05) is 0 Å². The van der Waals surface area contributed by atoms with Crippen molar-refractivity contribution < 1.29 is 14.3 Å². The maximum atomic E-state index is 12.7. The van der Waals surface area contributed by atoms with Gasteiger partial charge in [0.1, 0.15) is 18.1 Å². The highest BCUT2D eigenvalue weighted by atomic mass is 79.9. The standard InChI is InChI=1S/C25H21BrO3/c1-16(2)19-7-3-17(4-8-19)13-24-25(27)22-12-11-21(14-23(22)29-24)28-15-18-5-9-20(26)10-6-18/h3-14,16H,15H2,1-2H3/b24-13-. The van der Waals surface area contributed by atoms with Crippen molar-refractivity contribution in [3.63, 3.8) is 0 Å². The van der Waals surface area contributed by atoms with Crippen LogP contribution in [0.4, 0.5) is 0 Å². The zero-order valence-corrected chi connectivity index (χ0v) is 17.9. The van der Waals surface area contributed by atoms with Crippen LogP contribution in [0.3, 0.4) is 0 Å². The molecule has 0 bridgehead atoms. The van der Waals surface area contributed by atoms with Crippen LogP contribution in [0.15, 0.2) is 77.0 Å². The van der Waals surface area contributed by atoms with Crippen molar-refractivity contribution in [3.8, 4) is 11.5 Å². The average molecular weight is 449 g/mol. The molecule has 3 aromatic carbocycles. The summed E-state index contributed by atoms with van der Waals surface area (Å²) in [5, 5.41) is 0. The first-order valence-corrected chi connectivity index (χ1v) is 10.3. The van der Waals surface area contributed by atoms with Gasteiger partial charge in [-0.2, -0.15) is 0 Å². The minimum atomic E-state index is -0.104. The lowest BCUT2D eigenvalue weighted by molar-refractivity contribution is 0.101. The van der Waals surface area contributed by atoms with Gasteiger partial charge in [-0.25, -0.2) is 0 Å². The summed E-state index contributed by atoms with van der Waals surface area (Å²) in [5.41, 5.74) is 3.83. The molecule has 1 aliphatic rings. The van der Waals surface area contributed by atoms with E-state index in [0.29, 0.717) is 35.3 Å². The van der Waals surface area contributed by atoms with Gasteiger partial charge >= 0.3 is 0 Å². The minimum absolute atomic E-state index is 0.104. The van der Waals surface area contributed by atoms with E-state index < -0.39 is 0 Å². The molecule has 3 aromatic rings. The van der Waals surface area contributed by atoms with Crippen LogP contribution < -0.4 is 9.47 Å². The number of ether oxygens (including phenoxy) is 2. The van der Waals surface area contributed by atoms with Crippen LogP contribution in [0, 0.1) is 0 Å². The molecular formula is C25H21BrO3. The van der Waals surface area contributed by atoms with Gasteiger partial charge in [0.15, 0.2) is 5.76 Å². The number of hydrogen-bond donors (Lipinski definition) is 0. The number of ketones is 1. The van der Waals surface area contributed by atoms with Gasteiger partial charge in [-0.05, 0) is 52.9 Å². The van der Waals surface area contributed by atoms with Crippen molar-refractivity contribution in [1.29, 1.82) is 0 Å². The van der Waals surface area contributed by atoms with Crippen LogP contribution in [0.1, 0.15) is 46.8 Å². The number of allylic oxidation sites excluding steroid dienone is 1. The summed E-state index contributed by atoms with van der Waals surface area (Å²) in [6.07, 6.45) is 1.79. The molecule has 3 nitrogen and oxygen atoms in total. The second-order valence-corrected chi connectivity index (χ2v) is 8.25. The van der Waals surface area contributed by atoms with Gasteiger partial charge in [-0.3, -0.25) is 4.79 Å². The highest BCUT2D eigenvalue weighted by Crippen LogP contribution is 2.35. The Labute approximate surface area is 179 Å². The number of fused-ring (bicyclic) bond motifs is 1. The summed E-state index contributed by atoms with van der Waals surface area (Å²) in [6, 6.07) is 21.5. The van der Waals surface area contributed by atoms with Crippen LogP contribution in [0.5, 0.6) is 11.5 Å². The Morgan fingerprint density at radius 2 is 1.72 bits per heavy atom. The first-order valence-electron chi connectivity index (χ1n) is 9.55. The number of halogens is 1. The zero-order valence-electron chi connectivity index (χ0n) is 16.3. The highest BCUT2D eigenvalue weighted by Gasteiger charge is 2.27. The molecule has 0 N–H and O–H groups in total. The minimum Gasteiger partial charge on any atom is -0.489 e. The largest absolute Gasteiger partial charge is 0.489 e. The molecule has 4 rings (SSSR count). The molecule has 0 aromatic heterocycles. The second kappa shape index (κ2) is 8.26. The van der Waals surface area contributed by atoms with Crippen LogP contribution >= 0.6 is 15.9 Å². The fraction of sp³-hybridized carbons (Fsp3) is 0.160. The van der Waals surface area contributed by atoms with E-state index in [1.807, 2.05) is 36.4 Å². The van der Waals surface area contributed by atoms with Crippen molar-refractivity contribution in [1.82, 2.24) is 0 Å². The second-order valence-electron chi connectivity index (χ2n) is 7.33. The number of rotatable bonds is 5. The molecule has 1 aliphatic heterocycles. The lowest BCUT2D eigenvalue weighted by Crippen LogP contribution is -1.98. The topological polar surface area (TPSA) is 35.5 Å². The number of carbonyl (C=O) groups is 1. The summed E-state index contributed by atoms with van der Waals surface area (Å²) in [6.45, 7) is 4.76. The van der Waals surface area contributed by atoms with E-state index in [1.165, 1.54) is 5.56 Å². The lowest BCUT2D eigenvalue weighted by atomic mass is 10.0. The predicted octanol–water partition coefficient (Wildman–Crippen LogP) is 6.77. The summed E-state index contributed by atoms with van der Waals surface area (Å²) in [5.74, 6) is 1.91. The first-order chi connectivity index (χ1) is 14.0. The Morgan fingerprint density at radius 1 is 1.00 bits per heavy atom. The molecule has 0 saturated carbocycles. The zero-order chi connectivity index (χ0) is 20.4. The predicted molar refractivity (Wildman–Crippen MR) is 118 cm³/mol. The Bertz CT molecular complexity index is 1060. The van der Waals surface area contributed by atoms with E-state index in [1.54, 1.807) is 24.3 Å². The van der Waals surface area contributed by atoms with Crippen LogP contribution in [0.25, 0.3) is 6.08 Å². The van der Waals surface area contributed by atoms with Crippen LogP contribution in [0.2, 0.25) is 0 Å². The molecule has 0 aliphatic carbocycles. The van der Waals surface area contributed by atoms with Gasteiger partial charge in [-0.15, -0.1) is 0 Å². The monoisotopic (exact) mass is 448 g/mol. The Balaban J connectivity index is 1.48. The number of benzene rings is 3. The fourth-order valence-corrected chi connectivity index (χ4v) is 3.40. The lowest BCUT2D eigenvalue weighted by Gasteiger charge is -2.07. The number of hydrogen-bond acceptors (Lipinski definition) is 3. The molecule has 1 heterocycles. The average Bonchev–Trinajstić information content (AvgIpc) is 3.03. The molecule has 0 radical (unpaired) electrons. The normalized spacial score (nSPS) is 14.2. The molecular weight excluding hydrogens is 428 g/mol. The van der Waals surface area contributed by atoms with Gasteiger partial charge in [0.25, 0.3) is 0 Å². The van der Waals surface area contributed by atoms with E-state index in [2.05, 4.69) is 41.9 Å². The van der Waals surface area contributed by atoms with Gasteiger partial charge in [0, 0.05) is 10.5 Å². The Morgan fingerprint density at radius 3 is 2.41 bits per heavy atom. The van der Waals surface area contributed by atoms with Gasteiger partial charge in [-0.1, -0.05) is 66.2 Å². The third-order valence-corrected chi connectivity index (χ3v) is 5.39. The molecule has 146 valence electrons. The fourth-order valence-electron chi connectivity index (χ4n) is 3.13. The summed E-state index contributed by atoms with van der Waals surface area (Å²) in [7, 11) is 0. The quantitative estimate of drug-likeness (QED) is 0.404. The van der Waals surface area contributed by atoms with Gasteiger partial charge < -0.3 is 9.47 Å². The summed E-state index contributed by atoms with van der Waals surface area (Å²) >= 11 is 3.43. The molecule has 4 heteroatoms. The van der Waals surface area contributed by atoms with E-state index in [0.717, 1.165) is 15.6 Å². The Kier molecular flexibility index (Phi) is 5.54. The van der Waals surface area contributed by atoms with E-state index >= 15 is 0 Å². The summed E-state index contributed by atoms with van der Waals surface area (Å²) < 4.78 is 12.7. The third kappa shape index (κ3) is 4.43. The van der Waals surface area contributed by atoms with E-state index in [9.17, 15) is 4.79 Å². The molecule has 0 unspecified atom stereocenters. The van der Waals surface area contributed by atoms with Crippen molar-refractivity contribution >= 4 is 27.8 Å². The summed E-state index contributed by atoms with van der Waals surface area (Å²) in [4.78, 5) is 12.7. The third-order valence-electron chi connectivity index (χ3n) is 4.86. The molecule has 29 heavy (non-hydrogen) atoms. The first kappa shape index (κ1) is 19.5. The number of carbonyl (C=O) groups excluding carboxylic acids is 1. The molecule has 0 atom stereocenters. The molecule has 0 amide bonds. The van der Waals surface area contributed by atoms with Crippen LogP contribution in [-0.2, 0) is 6.61 Å². The SMILES string of the molecule is CC(C)c1ccc(/C=C2\Oc3cc(OCc4ccc(Br)cc4)ccc3C2=O)cc1. The molecule has 0 spiro atoms. The Hall–Kier alpha value is -2.85. The maximum Gasteiger partial charge on any atom is 0.231 e. The van der Waals surface area contributed by atoms with Crippen molar-refractivity contribution in [3.05, 3.63) is 99.2 Å². The van der Waals surface area contributed by atoms with Gasteiger partial charge in [0.2, 0.25) is 5.78 Å². The van der Waals surface area contributed by atoms with Crippen molar-refractivity contribution in [2.45, 2.75) is 26.4 Å². The van der Waals surface area contributed by atoms with Gasteiger partial charge in [0.05, 0.1) is 5.56 Å². The highest BCUT2D eigenvalue weighted by molar-refractivity contribution is 9.10. The maximum absolute atomic E-state index is 12.7. The van der Waals surface area contributed by atoms with Crippen LogP contribution in [-0.4, -0.2) is 5.78 Å². The molecule has 0 saturated heterocycles. The number of Topliss-reactive ketones (excluding diaryl/α,β-unsaturated/α-hetero) is 1. The van der Waals surface area contributed by atoms with E-state index in [4.69, 9.17) is 9.47 Å². The smallest absolute Gasteiger partial charge is 0.231 e.